The molecule has 0 bridgehead atoms. The number of hydrogen-bond donors (Lipinski definition) is 1. The number of nitrogens with zero attached hydrogens (tertiary/aromatic N) is 2. The summed E-state index contributed by atoms with van der Waals surface area (Å²) in [6.45, 7) is 5.63. The smallest absolute Gasteiger partial charge is 0.123 e. The molecular formula is C15H19ClFN3. The van der Waals surface area contributed by atoms with Crippen LogP contribution >= 0.6 is 11.6 Å². The number of hydrogen-bond acceptors (Lipinski definition) is 2. The highest BCUT2D eigenvalue weighted by Gasteiger charge is 2.19. The zero-order valence-electron chi connectivity index (χ0n) is 11.7. The van der Waals surface area contributed by atoms with Crippen LogP contribution in [-0.4, -0.2) is 16.3 Å². The Hall–Kier alpha value is -1.39. The van der Waals surface area contributed by atoms with Crippen LogP contribution in [0.1, 0.15) is 31.1 Å². The molecule has 1 N–H and O–H groups in total. The van der Waals surface area contributed by atoms with Gasteiger partial charge in [0.1, 0.15) is 5.82 Å². The van der Waals surface area contributed by atoms with E-state index < -0.39 is 0 Å². The average Bonchev–Trinajstić information content (AvgIpc) is 2.79. The Morgan fingerprint density at radius 1 is 1.40 bits per heavy atom. The molecule has 0 fully saturated rings. The highest BCUT2D eigenvalue weighted by molar-refractivity contribution is 6.31. The standard InChI is InChI=1S/C15H19ClFN3/c1-3-18-14(9-11-6-5-7-12(17)8-11)15-13(16)10-19-20(15)4-2/h5-8,10,14,18H,3-4,9H2,1-2H3. The molecule has 1 aromatic heterocycles. The Bertz CT molecular complexity index is 568. The van der Waals surface area contributed by atoms with Gasteiger partial charge in [0, 0.05) is 6.54 Å². The minimum atomic E-state index is -0.215. The molecule has 1 aromatic carbocycles. The van der Waals surface area contributed by atoms with E-state index in [0.717, 1.165) is 24.3 Å². The van der Waals surface area contributed by atoms with Crippen molar-refractivity contribution in [1.29, 1.82) is 0 Å². The largest absolute Gasteiger partial charge is 0.309 e. The molecule has 0 aliphatic heterocycles. The summed E-state index contributed by atoms with van der Waals surface area (Å²) in [7, 11) is 0. The lowest BCUT2D eigenvalue weighted by molar-refractivity contribution is 0.489. The maximum atomic E-state index is 13.3. The van der Waals surface area contributed by atoms with E-state index >= 15 is 0 Å². The van der Waals surface area contributed by atoms with Crippen molar-refractivity contribution in [3.63, 3.8) is 0 Å². The van der Waals surface area contributed by atoms with Gasteiger partial charge in [-0.1, -0.05) is 30.7 Å². The zero-order valence-corrected chi connectivity index (χ0v) is 12.5. The quantitative estimate of drug-likeness (QED) is 0.882. The molecule has 0 radical (unpaired) electrons. The van der Waals surface area contributed by atoms with E-state index in [4.69, 9.17) is 11.6 Å². The number of rotatable bonds is 6. The summed E-state index contributed by atoms with van der Waals surface area (Å²) in [4.78, 5) is 0. The summed E-state index contributed by atoms with van der Waals surface area (Å²) >= 11 is 6.25. The van der Waals surface area contributed by atoms with Crippen LogP contribution in [0.4, 0.5) is 4.39 Å². The summed E-state index contributed by atoms with van der Waals surface area (Å²) < 4.78 is 15.2. The van der Waals surface area contributed by atoms with Crippen molar-refractivity contribution in [1.82, 2.24) is 15.1 Å². The first-order chi connectivity index (χ1) is 9.65. The molecule has 0 saturated carbocycles. The molecule has 0 saturated heterocycles. The highest BCUT2D eigenvalue weighted by Crippen LogP contribution is 2.26. The Labute approximate surface area is 123 Å². The first-order valence-corrected chi connectivity index (χ1v) is 7.22. The fourth-order valence-corrected chi connectivity index (χ4v) is 2.65. The van der Waals surface area contributed by atoms with Crippen molar-refractivity contribution in [3.8, 4) is 0 Å². The second kappa shape index (κ2) is 6.86. The molecule has 2 rings (SSSR count). The minimum absolute atomic E-state index is 0.0248. The van der Waals surface area contributed by atoms with Crippen molar-refractivity contribution in [3.05, 3.63) is 52.6 Å². The topological polar surface area (TPSA) is 29.9 Å². The van der Waals surface area contributed by atoms with E-state index in [2.05, 4.69) is 10.4 Å². The van der Waals surface area contributed by atoms with Crippen LogP contribution in [0.25, 0.3) is 0 Å². The summed E-state index contributed by atoms with van der Waals surface area (Å²) in [5.41, 5.74) is 1.90. The van der Waals surface area contributed by atoms with Crippen LogP contribution < -0.4 is 5.32 Å². The van der Waals surface area contributed by atoms with E-state index in [1.165, 1.54) is 6.07 Å². The summed E-state index contributed by atoms with van der Waals surface area (Å²) in [6, 6.07) is 6.69. The molecule has 2 aromatic rings. The molecule has 1 atom stereocenters. The van der Waals surface area contributed by atoms with Gasteiger partial charge in [-0.2, -0.15) is 5.10 Å². The van der Waals surface area contributed by atoms with Crippen molar-refractivity contribution in [2.24, 2.45) is 0 Å². The molecular weight excluding hydrogens is 277 g/mol. The third-order valence-electron chi connectivity index (χ3n) is 3.24. The first-order valence-electron chi connectivity index (χ1n) is 6.84. The number of likely N-dealkylation sites (N-methyl/N-ethyl adjacent to an activating group) is 1. The van der Waals surface area contributed by atoms with Crippen LogP contribution in [0.2, 0.25) is 5.02 Å². The Morgan fingerprint density at radius 2 is 2.20 bits per heavy atom. The van der Waals surface area contributed by atoms with Gasteiger partial charge in [-0.05, 0) is 37.6 Å². The van der Waals surface area contributed by atoms with Crippen molar-refractivity contribution in [2.75, 3.05) is 6.54 Å². The molecule has 0 spiro atoms. The zero-order chi connectivity index (χ0) is 14.5. The predicted molar refractivity (Wildman–Crippen MR) is 79.4 cm³/mol. The van der Waals surface area contributed by atoms with E-state index in [1.807, 2.05) is 24.6 Å². The van der Waals surface area contributed by atoms with Crippen molar-refractivity contribution >= 4 is 11.6 Å². The highest BCUT2D eigenvalue weighted by atomic mass is 35.5. The second-order valence-electron chi connectivity index (χ2n) is 4.64. The Kier molecular flexibility index (Phi) is 5.15. The van der Waals surface area contributed by atoms with Gasteiger partial charge in [0.15, 0.2) is 0 Å². The number of halogens is 2. The van der Waals surface area contributed by atoms with Crippen LogP contribution in [0.3, 0.4) is 0 Å². The normalized spacial score (nSPS) is 12.6. The molecule has 1 unspecified atom stereocenters. The molecule has 108 valence electrons. The lowest BCUT2D eigenvalue weighted by Gasteiger charge is -2.20. The van der Waals surface area contributed by atoms with Crippen LogP contribution in [0.5, 0.6) is 0 Å². The third-order valence-corrected chi connectivity index (χ3v) is 3.53. The lowest BCUT2D eigenvalue weighted by atomic mass is 10.0. The van der Waals surface area contributed by atoms with Crippen LogP contribution in [0, 0.1) is 5.82 Å². The van der Waals surface area contributed by atoms with Gasteiger partial charge in [0.2, 0.25) is 0 Å². The minimum Gasteiger partial charge on any atom is -0.309 e. The van der Waals surface area contributed by atoms with Gasteiger partial charge in [-0.3, -0.25) is 4.68 Å². The van der Waals surface area contributed by atoms with Gasteiger partial charge in [-0.25, -0.2) is 4.39 Å². The molecule has 20 heavy (non-hydrogen) atoms. The number of aryl methyl sites for hydroxylation is 1. The van der Waals surface area contributed by atoms with Crippen LogP contribution in [0.15, 0.2) is 30.5 Å². The number of benzene rings is 1. The molecule has 3 nitrogen and oxygen atoms in total. The molecule has 5 heteroatoms. The average molecular weight is 296 g/mol. The van der Waals surface area contributed by atoms with Gasteiger partial charge in [0.25, 0.3) is 0 Å². The Morgan fingerprint density at radius 3 is 2.85 bits per heavy atom. The van der Waals surface area contributed by atoms with Crippen LogP contribution in [-0.2, 0) is 13.0 Å². The fraction of sp³-hybridized carbons (Fsp3) is 0.400. The number of nitrogens with one attached hydrogen (secondary N) is 1. The molecule has 1 heterocycles. The molecule has 0 amide bonds. The van der Waals surface area contributed by atoms with E-state index in [1.54, 1.807) is 18.3 Å². The van der Waals surface area contributed by atoms with Gasteiger partial charge < -0.3 is 5.32 Å². The van der Waals surface area contributed by atoms with E-state index in [0.29, 0.717) is 11.4 Å². The summed E-state index contributed by atoms with van der Waals surface area (Å²) in [5, 5.41) is 8.32. The molecule has 0 aliphatic rings. The van der Waals surface area contributed by atoms with Gasteiger partial charge in [0.05, 0.1) is 23.0 Å². The SMILES string of the molecule is CCNC(Cc1cccc(F)c1)c1c(Cl)cnn1CC. The Balaban J connectivity index is 2.29. The monoisotopic (exact) mass is 295 g/mol. The van der Waals surface area contributed by atoms with Crippen molar-refractivity contribution in [2.45, 2.75) is 32.9 Å². The van der Waals surface area contributed by atoms with Gasteiger partial charge >= 0.3 is 0 Å². The van der Waals surface area contributed by atoms with Gasteiger partial charge in [-0.15, -0.1) is 0 Å². The predicted octanol–water partition coefficient (Wildman–Crippen LogP) is 3.59. The summed E-state index contributed by atoms with van der Waals surface area (Å²) in [6.07, 6.45) is 2.34. The lowest BCUT2D eigenvalue weighted by Crippen LogP contribution is -2.26. The fourth-order valence-electron chi connectivity index (χ4n) is 2.38. The van der Waals surface area contributed by atoms with E-state index in [-0.39, 0.29) is 11.9 Å². The molecule has 0 aliphatic carbocycles. The maximum absolute atomic E-state index is 13.3. The summed E-state index contributed by atoms with van der Waals surface area (Å²) in [5.74, 6) is -0.215. The first kappa shape index (κ1) is 15.0. The number of aromatic nitrogens is 2. The van der Waals surface area contributed by atoms with Crippen molar-refractivity contribution < 1.29 is 4.39 Å². The van der Waals surface area contributed by atoms with E-state index in [9.17, 15) is 4.39 Å². The second-order valence-corrected chi connectivity index (χ2v) is 5.05. The third kappa shape index (κ3) is 3.38. The maximum Gasteiger partial charge on any atom is 0.123 e.